The molecule has 0 aromatic carbocycles. The second-order valence-corrected chi connectivity index (χ2v) is 5.19. The maximum Gasteiger partial charge on any atom is -0.0147 e. The van der Waals surface area contributed by atoms with E-state index in [4.69, 9.17) is 0 Å². The van der Waals surface area contributed by atoms with E-state index in [-0.39, 0.29) is 0 Å². The van der Waals surface area contributed by atoms with Crippen molar-refractivity contribution in [2.45, 2.75) is 26.7 Å². The standard InChI is InChI=1S/C9H19P/c1-4-7-10(8-5-2)9-6-3/h4H,1,5-9H2,2-3H3. The minimum atomic E-state index is 0.321. The third kappa shape index (κ3) is 4.99. The molecule has 0 bridgehead atoms. The lowest BCUT2D eigenvalue weighted by Gasteiger charge is -2.12. The molecular formula is C9H19P. The van der Waals surface area contributed by atoms with Crippen LogP contribution in [0.5, 0.6) is 0 Å². The molecule has 0 atom stereocenters. The molecule has 0 aromatic heterocycles. The van der Waals surface area contributed by atoms with E-state index in [1.54, 1.807) is 0 Å². The largest absolute Gasteiger partial charge is 0.103 e. The van der Waals surface area contributed by atoms with Crippen LogP contribution in [0.25, 0.3) is 0 Å². The summed E-state index contributed by atoms with van der Waals surface area (Å²) in [5, 5.41) is 0. The van der Waals surface area contributed by atoms with Crippen molar-refractivity contribution in [2.24, 2.45) is 0 Å². The van der Waals surface area contributed by atoms with Gasteiger partial charge in [-0.2, -0.15) is 0 Å². The third-order valence-corrected chi connectivity index (χ3v) is 4.40. The molecule has 0 aliphatic carbocycles. The summed E-state index contributed by atoms with van der Waals surface area (Å²) in [6, 6.07) is 0. The molecular weight excluding hydrogens is 139 g/mol. The molecule has 1 heteroatoms. The van der Waals surface area contributed by atoms with Gasteiger partial charge in [-0.25, -0.2) is 0 Å². The Balaban J connectivity index is 3.38. The number of allylic oxidation sites excluding steroid dienone is 1. The van der Waals surface area contributed by atoms with E-state index in [9.17, 15) is 0 Å². The minimum Gasteiger partial charge on any atom is -0.103 e. The molecule has 0 rings (SSSR count). The van der Waals surface area contributed by atoms with Crippen LogP contribution in [0.1, 0.15) is 26.7 Å². The molecule has 0 spiro atoms. The minimum absolute atomic E-state index is 0.321. The van der Waals surface area contributed by atoms with Crippen molar-refractivity contribution in [1.82, 2.24) is 0 Å². The van der Waals surface area contributed by atoms with Crippen LogP contribution in [0.15, 0.2) is 12.7 Å². The molecule has 0 saturated heterocycles. The first kappa shape index (κ1) is 10.2. The molecule has 0 saturated carbocycles. The van der Waals surface area contributed by atoms with Crippen molar-refractivity contribution < 1.29 is 0 Å². The fourth-order valence-electron chi connectivity index (χ4n) is 1.11. The Morgan fingerprint density at radius 2 is 1.70 bits per heavy atom. The molecule has 0 amide bonds. The fraction of sp³-hybridized carbons (Fsp3) is 0.778. The Morgan fingerprint density at radius 1 is 1.20 bits per heavy atom. The maximum absolute atomic E-state index is 3.78. The SMILES string of the molecule is C=CCP(CCC)CCC. The second kappa shape index (κ2) is 7.28. The van der Waals surface area contributed by atoms with E-state index < -0.39 is 0 Å². The van der Waals surface area contributed by atoms with Crippen LogP contribution in [-0.4, -0.2) is 18.5 Å². The zero-order valence-electron chi connectivity index (χ0n) is 7.27. The summed E-state index contributed by atoms with van der Waals surface area (Å²) in [5.41, 5.74) is 0. The molecule has 0 nitrogen and oxygen atoms in total. The lowest BCUT2D eigenvalue weighted by atomic mass is 10.6. The Labute approximate surface area is 66.5 Å². The molecule has 0 N–H and O–H groups in total. The molecule has 0 unspecified atom stereocenters. The van der Waals surface area contributed by atoms with Gasteiger partial charge >= 0.3 is 0 Å². The zero-order valence-corrected chi connectivity index (χ0v) is 8.16. The van der Waals surface area contributed by atoms with Gasteiger partial charge in [0, 0.05) is 0 Å². The van der Waals surface area contributed by atoms with Gasteiger partial charge in [-0.15, -0.1) is 14.5 Å². The third-order valence-electron chi connectivity index (χ3n) is 1.47. The monoisotopic (exact) mass is 158 g/mol. The first-order valence-electron chi connectivity index (χ1n) is 4.18. The number of rotatable bonds is 6. The van der Waals surface area contributed by atoms with Crippen LogP contribution in [0.2, 0.25) is 0 Å². The van der Waals surface area contributed by atoms with Crippen LogP contribution in [0.4, 0.5) is 0 Å². The molecule has 0 aliphatic rings. The van der Waals surface area contributed by atoms with E-state index >= 15 is 0 Å². The summed E-state index contributed by atoms with van der Waals surface area (Å²) in [7, 11) is 0.321. The van der Waals surface area contributed by atoms with Gasteiger partial charge < -0.3 is 0 Å². The zero-order chi connectivity index (χ0) is 7.82. The van der Waals surface area contributed by atoms with Gasteiger partial charge in [0.15, 0.2) is 0 Å². The summed E-state index contributed by atoms with van der Waals surface area (Å²) in [5.74, 6) is 0. The molecule has 0 aromatic rings. The van der Waals surface area contributed by atoms with Crippen molar-refractivity contribution in [3.8, 4) is 0 Å². The predicted octanol–water partition coefficient (Wildman–Crippen LogP) is 3.47. The maximum atomic E-state index is 3.78. The Bertz CT molecular complexity index is 72.8. The molecule has 0 heterocycles. The van der Waals surface area contributed by atoms with E-state index in [0.29, 0.717) is 7.92 Å². The van der Waals surface area contributed by atoms with Gasteiger partial charge in [0.25, 0.3) is 0 Å². The van der Waals surface area contributed by atoms with Crippen molar-refractivity contribution in [3.63, 3.8) is 0 Å². The summed E-state index contributed by atoms with van der Waals surface area (Å²) in [4.78, 5) is 0. The number of hydrogen-bond donors (Lipinski definition) is 0. The van der Waals surface area contributed by atoms with Gasteiger partial charge in [-0.1, -0.05) is 32.8 Å². The normalized spacial score (nSPS) is 10.3. The second-order valence-electron chi connectivity index (χ2n) is 2.59. The van der Waals surface area contributed by atoms with Crippen LogP contribution >= 0.6 is 7.92 Å². The lowest BCUT2D eigenvalue weighted by Crippen LogP contribution is -1.90. The summed E-state index contributed by atoms with van der Waals surface area (Å²) in [6.07, 6.45) is 8.93. The van der Waals surface area contributed by atoms with E-state index in [0.717, 1.165) is 0 Å². The van der Waals surface area contributed by atoms with Crippen molar-refractivity contribution in [2.75, 3.05) is 18.5 Å². The van der Waals surface area contributed by atoms with Gasteiger partial charge in [0.2, 0.25) is 0 Å². The first-order chi connectivity index (χ1) is 4.85. The molecule has 0 aliphatic heterocycles. The van der Waals surface area contributed by atoms with Gasteiger partial charge in [-0.05, 0) is 18.5 Å². The average Bonchev–Trinajstić information content (AvgIpc) is 1.90. The summed E-state index contributed by atoms with van der Waals surface area (Å²) in [6.45, 7) is 8.32. The van der Waals surface area contributed by atoms with Gasteiger partial charge in [0.05, 0.1) is 0 Å². The van der Waals surface area contributed by atoms with E-state index in [2.05, 4.69) is 26.5 Å². The van der Waals surface area contributed by atoms with Crippen LogP contribution in [-0.2, 0) is 0 Å². The quantitative estimate of drug-likeness (QED) is 0.410. The highest BCUT2D eigenvalue weighted by atomic mass is 31.1. The Hall–Kier alpha value is 0.170. The number of hydrogen-bond acceptors (Lipinski definition) is 0. The topological polar surface area (TPSA) is 0 Å². The van der Waals surface area contributed by atoms with Crippen LogP contribution in [0, 0.1) is 0 Å². The van der Waals surface area contributed by atoms with Crippen molar-refractivity contribution in [1.29, 1.82) is 0 Å². The van der Waals surface area contributed by atoms with Gasteiger partial charge in [-0.3, -0.25) is 0 Å². The Morgan fingerprint density at radius 3 is 2.00 bits per heavy atom. The highest BCUT2D eigenvalue weighted by molar-refractivity contribution is 7.57. The Kier molecular flexibility index (Phi) is 7.40. The molecule has 10 heavy (non-hydrogen) atoms. The fourth-order valence-corrected chi connectivity index (χ4v) is 3.33. The van der Waals surface area contributed by atoms with Crippen LogP contribution in [0.3, 0.4) is 0 Å². The first-order valence-corrected chi connectivity index (χ1v) is 6.08. The van der Waals surface area contributed by atoms with Crippen LogP contribution < -0.4 is 0 Å². The molecule has 60 valence electrons. The highest BCUT2D eigenvalue weighted by Crippen LogP contribution is 2.36. The molecule has 0 radical (unpaired) electrons. The van der Waals surface area contributed by atoms with E-state index in [1.165, 1.54) is 31.3 Å². The summed E-state index contributed by atoms with van der Waals surface area (Å²) >= 11 is 0. The predicted molar refractivity (Wildman–Crippen MR) is 52.3 cm³/mol. The molecule has 0 fully saturated rings. The van der Waals surface area contributed by atoms with Crippen molar-refractivity contribution in [3.05, 3.63) is 12.7 Å². The van der Waals surface area contributed by atoms with Gasteiger partial charge in [0.1, 0.15) is 0 Å². The average molecular weight is 158 g/mol. The smallest absolute Gasteiger partial charge is 0.0147 e. The lowest BCUT2D eigenvalue weighted by molar-refractivity contribution is 1.05. The van der Waals surface area contributed by atoms with E-state index in [1.807, 2.05) is 0 Å². The highest BCUT2D eigenvalue weighted by Gasteiger charge is 2.01. The summed E-state index contributed by atoms with van der Waals surface area (Å²) < 4.78 is 0. The van der Waals surface area contributed by atoms with Crippen molar-refractivity contribution >= 4 is 7.92 Å².